The van der Waals surface area contributed by atoms with E-state index in [1.165, 1.54) is 17.0 Å². The molecule has 1 aliphatic heterocycles. The van der Waals surface area contributed by atoms with Crippen molar-refractivity contribution in [2.24, 2.45) is 0 Å². The van der Waals surface area contributed by atoms with Gasteiger partial charge in [-0.05, 0) is 73.2 Å². The highest BCUT2D eigenvalue weighted by Gasteiger charge is 2.34. The van der Waals surface area contributed by atoms with Gasteiger partial charge in [-0.1, -0.05) is 13.0 Å². The molecule has 0 saturated carbocycles. The van der Waals surface area contributed by atoms with Crippen molar-refractivity contribution in [1.82, 2.24) is 9.80 Å². The lowest BCUT2D eigenvalue weighted by Gasteiger charge is -2.38. The number of halogens is 1. The Labute approximate surface area is 215 Å². The molecule has 0 bridgehead atoms. The van der Waals surface area contributed by atoms with Crippen LogP contribution in [-0.2, 0) is 11.2 Å². The molecule has 3 aromatic rings. The minimum atomic E-state index is -0.374. The van der Waals surface area contributed by atoms with Gasteiger partial charge >= 0.3 is 0 Å². The van der Waals surface area contributed by atoms with Gasteiger partial charge in [-0.2, -0.15) is 0 Å². The molecule has 0 N–H and O–H groups in total. The number of amides is 2. The van der Waals surface area contributed by atoms with E-state index < -0.39 is 0 Å². The quantitative estimate of drug-likeness (QED) is 0.390. The Morgan fingerprint density at radius 2 is 1.94 bits per heavy atom. The van der Waals surface area contributed by atoms with Gasteiger partial charge in [-0.25, -0.2) is 4.39 Å². The minimum Gasteiger partial charge on any atom is -0.497 e. The van der Waals surface area contributed by atoms with Crippen molar-refractivity contribution in [3.05, 3.63) is 81.8 Å². The van der Waals surface area contributed by atoms with E-state index in [1.807, 2.05) is 25.3 Å². The maximum Gasteiger partial charge on any atom is 0.254 e. The van der Waals surface area contributed by atoms with E-state index in [1.54, 1.807) is 64.6 Å². The molecule has 2 atom stereocenters. The van der Waals surface area contributed by atoms with Crippen molar-refractivity contribution in [2.45, 2.75) is 38.8 Å². The highest BCUT2D eigenvalue weighted by Crippen LogP contribution is 2.34. The fourth-order valence-corrected chi connectivity index (χ4v) is 5.32. The number of carbonyl (C=O) groups excluding carboxylic acids is 2. The molecule has 0 saturated heterocycles. The summed E-state index contributed by atoms with van der Waals surface area (Å²) in [6.07, 6.45) is 1.47. The SMILES string of the molecule is CC[C@H](C)N(CC(=O)N1CCc2sccc2[C@@H]1COc1cccc(F)c1)C(=O)c1ccc(OC)cc1. The fourth-order valence-electron chi connectivity index (χ4n) is 4.39. The largest absolute Gasteiger partial charge is 0.497 e. The van der Waals surface area contributed by atoms with Crippen molar-refractivity contribution < 1.29 is 23.5 Å². The third kappa shape index (κ3) is 5.70. The smallest absolute Gasteiger partial charge is 0.254 e. The van der Waals surface area contributed by atoms with Crippen LogP contribution in [0, 0.1) is 5.82 Å². The first-order valence-corrected chi connectivity index (χ1v) is 13.0. The first-order chi connectivity index (χ1) is 17.4. The molecule has 190 valence electrons. The molecule has 0 fully saturated rings. The molecule has 1 aromatic heterocycles. The highest BCUT2D eigenvalue weighted by molar-refractivity contribution is 7.10. The average molecular weight is 511 g/mol. The topological polar surface area (TPSA) is 59.1 Å². The monoisotopic (exact) mass is 510 g/mol. The molecule has 2 amide bonds. The predicted octanol–water partition coefficient (Wildman–Crippen LogP) is 5.34. The van der Waals surface area contributed by atoms with E-state index in [2.05, 4.69) is 0 Å². The van der Waals surface area contributed by atoms with Crippen LogP contribution < -0.4 is 9.47 Å². The predicted molar refractivity (Wildman–Crippen MR) is 138 cm³/mol. The van der Waals surface area contributed by atoms with E-state index >= 15 is 0 Å². The summed E-state index contributed by atoms with van der Waals surface area (Å²) in [7, 11) is 1.58. The van der Waals surface area contributed by atoms with Crippen molar-refractivity contribution in [3.63, 3.8) is 0 Å². The lowest BCUT2D eigenvalue weighted by Crippen LogP contribution is -2.49. The first-order valence-electron chi connectivity index (χ1n) is 12.1. The lowest BCUT2D eigenvalue weighted by molar-refractivity contribution is -0.136. The molecule has 6 nitrogen and oxygen atoms in total. The summed E-state index contributed by atoms with van der Waals surface area (Å²) in [4.78, 5) is 31.7. The lowest BCUT2D eigenvalue weighted by atomic mass is 10.00. The van der Waals surface area contributed by atoms with Crippen LogP contribution in [0.2, 0.25) is 0 Å². The molecular weight excluding hydrogens is 479 g/mol. The van der Waals surface area contributed by atoms with E-state index in [0.717, 1.165) is 18.4 Å². The number of methoxy groups -OCH3 is 1. The molecule has 0 spiro atoms. The fraction of sp³-hybridized carbons (Fsp3) is 0.357. The summed E-state index contributed by atoms with van der Waals surface area (Å²) in [6.45, 7) is 4.66. The van der Waals surface area contributed by atoms with Crippen LogP contribution >= 0.6 is 11.3 Å². The number of thiophene rings is 1. The summed E-state index contributed by atoms with van der Waals surface area (Å²) < 4.78 is 24.8. The summed E-state index contributed by atoms with van der Waals surface area (Å²) in [5.74, 6) is 0.379. The van der Waals surface area contributed by atoms with Gasteiger partial charge in [0.15, 0.2) is 0 Å². The highest BCUT2D eigenvalue weighted by atomic mass is 32.1. The maximum atomic E-state index is 13.7. The Hall–Kier alpha value is -3.39. The molecular formula is C28H31FN2O4S. The van der Waals surface area contributed by atoms with Gasteiger partial charge < -0.3 is 19.3 Å². The Bertz CT molecular complexity index is 1200. The number of hydrogen-bond acceptors (Lipinski definition) is 5. The van der Waals surface area contributed by atoms with Gasteiger partial charge in [0, 0.05) is 29.1 Å². The second-order valence-electron chi connectivity index (χ2n) is 8.84. The summed E-state index contributed by atoms with van der Waals surface area (Å²) in [5, 5.41) is 2.02. The zero-order valence-electron chi connectivity index (χ0n) is 20.8. The van der Waals surface area contributed by atoms with Crippen LogP contribution in [0.3, 0.4) is 0 Å². The molecule has 1 aliphatic rings. The molecule has 8 heteroatoms. The van der Waals surface area contributed by atoms with Crippen molar-refractivity contribution >= 4 is 23.2 Å². The van der Waals surface area contributed by atoms with Crippen LogP contribution in [0.1, 0.15) is 47.1 Å². The summed E-state index contributed by atoms with van der Waals surface area (Å²) in [5.41, 5.74) is 1.56. The third-order valence-corrected chi connectivity index (χ3v) is 7.64. The zero-order chi connectivity index (χ0) is 25.7. The Kier molecular flexibility index (Phi) is 8.25. The molecule has 0 unspecified atom stereocenters. The van der Waals surface area contributed by atoms with Gasteiger partial charge in [0.25, 0.3) is 5.91 Å². The summed E-state index contributed by atoms with van der Waals surface area (Å²) >= 11 is 1.67. The Morgan fingerprint density at radius 3 is 2.64 bits per heavy atom. The van der Waals surface area contributed by atoms with Crippen molar-refractivity contribution in [3.8, 4) is 11.5 Å². The average Bonchev–Trinajstić information content (AvgIpc) is 3.38. The van der Waals surface area contributed by atoms with Gasteiger partial charge in [-0.15, -0.1) is 11.3 Å². The normalized spacial score (nSPS) is 15.7. The summed E-state index contributed by atoms with van der Waals surface area (Å²) in [6, 6.07) is 14.5. The number of ether oxygens (including phenoxy) is 2. The standard InChI is InChI=1S/C28H31FN2O4S/c1-4-19(2)31(28(33)20-8-10-22(34-3)11-9-20)17-27(32)30-14-12-26-24(13-15-36-26)25(30)18-35-23-7-5-6-21(29)16-23/h5-11,13,15-16,19,25H,4,12,14,17-18H2,1-3H3/t19-,25-/m0/s1. The number of benzene rings is 2. The number of nitrogens with zero attached hydrogens (tertiary/aromatic N) is 2. The second-order valence-corrected chi connectivity index (χ2v) is 9.84. The molecule has 2 aromatic carbocycles. The molecule has 0 aliphatic carbocycles. The third-order valence-electron chi connectivity index (χ3n) is 6.65. The van der Waals surface area contributed by atoms with Crippen LogP contribution in [0.25, 0.3) is 0 Å². The van der Waals surface area contributed by atoms with E-state index in [0.29, 0.717) is 23.6 Å². The minimum absolute atomic E-state index is 0.0319. The van der Waals surface area contributed by atoms with Gasteiger partial charge in [-0.3, -0.25) is 9.59 Å². The number of hydrogen-bond donors (Lipinski definition) is 0. The van der Waals surface area contributed by atoms with Gasteiger partial charge in [0.1, 0.15) is 30.5 Å². The van der Waals surface area contributed by atoms with Crippen LogP contribution in [0.5, 0.6) is 11.5 Å². The zero-order valence-corrected chi connectivity index (χ0v) is 21.6. The van der Waals surface area contributed by atoms with Crippen LogP contribution in [-0.4, -0.2) is 54.5 Å². The maximum absolute atomic E-state index is 13.7. The van der Waals surface area contributed by atoms with Crippen molar-refractivity contribution in [1.29, 1.82) is 0 Å². The van der Waals surface area contributed by atoms with Crippen LogP contribution in [0.4, 0.5) is 4.39 Å². The van der Waals surface area contributed by atoms with E-state index in [9.17, 15) is 14.0 Å². The van der Waals surface area contributed by atoms with Gasteiger partial charge in [0.05, 0.1) is 13.2 Å². The van der Waals surface area contributed by atoms with Crippen LogP contribution in [0.15, 0.2) is 60.0 Å². The number of rotatable bonds is 9. The first kappa shape index (κ1) is 25.7. The van der Waals surface area contributed by atoms with E-state index in [4.69, 9.17) is 9.47 Å². The number of fused-ring (bicyclic) bond motifs is 1. The molecule has 36 heavy (non-hydrogen) atoms. The Balaban J connectivity index is 1.54. The number of carbonyl (C=O) groups is 2. The van der Waals surface area contributed by atoms with E-state index in [-0.39, 0.29) is 42.9 Å². The van der Waals surface area contributed by atoms with Gasteiger partial charge in [0.2, 0.25) is 5.91 Å². The Morgan fingerprint density at radius 1 is 1.17 bits per heavy atom. The molecule has 2 heterocycles. The molecule has 0 radical (unpaired) electrons. The van der Waals surface area contributed by atoms with Crippen molar-refractivity contribution in [2.75, 3.05) is 26.8 Å². The second kappa shape index (κ2) is 11.6. The molecule has 4 rings (SSSR count).